The average Bonchev–Trinajstić information content (AvgIpc) is 3.04. The first-order chi connectivity index (χ1) is 22.4. The lowest BCUT2D eigenvalue weighted by molar-refractivity contribution is -0.385. The number of nitro groups is 2. The van der Waals surface area contributed by atoms with E-state index < -0.39 is 80.8 Å². The number of amides is 2. The number of carboxylic acid groups (broad SMARTS) is 2. The summed E-state index contributed by atoms with van der Waals surface area (Å²) in [5, 5.41) is 79.7. The maximum atomic E-state index is 11.3. The molecule has 0 spiro atoms. The van der Waals surface area contributed by atoms with E-state index >= 15 is 0 Å². The molecule has 2 aromatic carbocycles. The molecule has 2 amide bonds. The quantitative estimate of drug-likeness (QED) is 0.0729. The summed E-state index contributed by atoms with van der Waals surface area (Å²) in [5.41, 5.74) is 0.338. The number of hydrogen-bond donors (Lipinski definition) is 8. The summed E-state index contributed by atoms with van der Waals surface area (Å²) >= 11 is 21.4. The van der Waals surface area contributed by atoms with Gasteiger partial charge in [-0.2, -0.15) is 0 Å². The van der Waals surface area contributed by atoms with Crippen molar-refractivity contribution in [2.24, 2.45) is 0 Å². The molecule has 2 rings (SSSR count). The van der Waals surface area contributed by atoms with Crippen LogP contribution < -0.4 is 10.6 Å². The van der Waals surface area contributed by atoms with E-state index in [9.17, 15) is 49.6 Å². The first-order valence-electron chi connectivity index (χ1n) is 13.0. The van der Waals surface area contributed by atoms with Gasteiger partial charge in [0.05, 0.1) is 48.0 Å². The Kier molecular flexibility index (Phi) is 20.8. The number of carbonyl (C=O) groups is 4. The molecule has 0 unspecified atom stereocenters. The number of aliphatic carboxylic acids is 2. The maximum absolute atomic E-state index is 11.3. The highest BCUT2D eigenvalue weighted by Crippen LogP contribution is 2.22. The second-order valence-electron chi connectivity index (χ2n) is 9.07. The number of halogens is 4. The van der Waals surface area contributed by atoms with Gasteiger partial charge in [-0.25, -0.2) is 0 Å². The fourth-order valence-electron chi connectivity index (χ4n) is 3.21. The van der Waals surface area contributed by atoms with Gasteiger partial charge in [-0.05, 0) is 35.4 Å². The van der Waals surface area contributed by atoms with Crippen LogP contribution in [0.4, 0.5) is 11.4 Å². The second-order valence-corrected chi connectivity index (χ2v) is 11.3. The Bertz CT molecular complexity index is 1260. The Labute approximate surface area is 291 Å². The molecule has 48 heavy (non-hydrogen) atoms. The molecular weight excluding hydrogens is 734 g/mol. The Morgan fingerprint density at radius 1 is 0.625 bits per heavy atom. The van der Waals surface area contributed by atoms with Gasteiger partial charge in [-0.3, -0.25) is 39.4 Å². The zero-order chi connectivity index (χ0) is 37.1. The fourth-order valence-corrected chi connectivity index (χ4v) is 3.46. The molecule has 18 nitrogen and oxygen atoms in total. The fraction of sp³-hybridized carbons (Fsp3) is 0.385. The molecule has 0 fully saturated rings. The topological polar surface area (TPSA) is 300 Å². The summed E-state index contributed by atoms with van der Waals surface area (Å²) in [6, 6.07) is 8.11. The van der Waals surface area contributed by atoms with Crippen LogP contribution in [0.15, 0.2) is 48.5 Å². The van der Waals surface area contributed by atoms with Gasteiger partial charge in [-0.1, -0.05) is 46.4 Å². The van der Waals surface area contributed by atoms with Crippen molar-refractivity contribution in [1.82, 2.24) is 10.6 Å². The number of rotatable bonds is 15. The summed E-state index contributed by atoms with van der Waals surface area (Å²) in [6.07, 6.45) is -3.10. The van der Waals surface area contributed by atoms with Gasteiger partial charge < -0.3 is 41.3 Å². The van der Waals surface area contributed by atoms with Gasteiger partial charge in [0.25, 0.3) is 23.2 Å². The van der Waals surface area contributed by atoms with Crippen molar-refractivity contribution in [3.8, 4) is 0 Å². The lowest BCUT2D eigenvalue weighted by Gasteiger charge is -2.22. The highest BCUT2D eigenvalue weighted by atomic mass is 35.5. The molecule has 0 aromatic heterocycles. The van der Waals surface area contributed by atoms with Crippen LogP contribution in [0.5, 0.6) is 0 Å². The monoisotopic (exact) mass is 762 g/mol. The first-order valence-corrected chi connectivity index (χ1v) is 14.8. The van der Waals surface area contributed by atoms with Crippen molar-refractivity contribution in [3.63, 3.8) is 0 Å². The number of nitro benzene ring substituents is 2. The first kappa shape index (κ1) is 44.1. The number of carboxylic acids is 2. The molecule has 0 aliphatic heterocycles. The molecular formula is C26H30Cl4N4O14. The van der Waals surface area contributed by atoms with E-state index in [0.717, 1.165) is 0 Å². The van der Waals surface area contributed by atoms with Crippen LogP contribution in [0.3, 0.4) is 0 Å². The van der Waals surface area contributed by atoms with E-state index in [-0.39, 0.29) is 24.2 Å². The Balaban J connectivity index is 0.000000754. The van der Waals surface area contributed by atoms with Crippen LogP contribution in [0.1, 0.15) is 36.2 Å². The van der Waals surface area contributed by atoms with E-state index in [0.29, 0.717) is 11.1 Å². The number of carbonyl (C=O) groups excluding carboxylic acids is 2. The molecule has 0 saturated heterocycles. The number of hydrogen-bond acceptors (Lipinski definition) is 12. The van der Waals surface area contributed by atoms with Crippen LogP contribution in [0, 0.1) is 20.2 Å². The predicted octanol–water partition coefficient (Wildman–Crippen LogP) is 1.75. The largest absolute Gasteiger partial charge is 0.481 e. The van der Waals surface area contributed by atoms with Gasteiger partial charge in [0.1, 0.15) is 12.2 Å². The number of nitrogens with zero attached hydrogens (tertiary/aromatic N) is 2. The second kappa shape index (κ2) is 22.6. The highest BCUT2D eigenvalue weighted by Gasteiger charge is 2.26. The zero-order valence-electron chi connectivity index (χ0n) is 24.3. The molecule has 22 heteroatoms. The molecule has 0 heterocycles. The predicted molar refractivity (Wildman–Crippen MR) is 170 cm³/mol. The number of aliphatic hydroxyl groups excluding tert-OH is 4. The Morgan fingerprint density at radius 3 is 1.08 bits per heavy atom. The van der Waals surface area contributed by atoms with Gasteiger partial charge in [-0.15, -0.1) is 0 Å². The molecule has 266 valence electrons. The van der Waals surface area contributed by atoms with E-state index in [4.69, 9.17) is 66.8 Å². The third-order valence-corrected chi connectivity index (χ3v) is 6.44. The van der Waals surface area contributed by atoms with E-state index in [1.807, 2.05) is 0 Å². The lowest BCUT2D eigenvalue weighted by Crippen LogP contribution is -2.44. The molecule has 0 radical (unpaired) electrons. The number of non-ortho nitro benzene ring substituents is 2. The highest BCUT2D eigenvalue weighted by molar-refractivity contribution is 6.53. The molecule has 0 saturated carbocycles. The van der Waals surface area contributed by atoms with Crippen molar-refractivity contribution in [1.29, 1.82) is 0 Å². The van der Waals surface area contributed by atoms with Crippen molar-refractivity contribution in [3.05, 3.63) is 79.9 Å². The van der Waals surface area contributed by atoms with Gasteiger partial charge in [0.2, 0.25) is 0 Å². The van der Waals surface area contributed by atoms with Crippen LogP contribution >= 0.6 is 46.4 Å². The summed E-state index contributed by atoms with van der Waals surface area (Å²) in [4.78, 5) is 59.1. The third kappa shape index (κ3) is 16.8. The van der Waals surface area contributed by atoms with Gasteiger partial charge in [0, 0.05) is 24.3 Å². The minimum absolute atomic E-state index is 0.132. The molecule has 8 N–H and O–H groups in total. The van der Waals surface area contributed by atoms with Crippen LogP contribution in [0.2, 0.25) is 0 Å². The standard InChI is InChI=1S/2C11H12Cl2N2O5.C4H6O4/c2*12-10(13)11(18)14-8(5-16)9(17)6-1-3-7(4-2-6)15(19)20;5-3(6)1-2-4(7)8/h2*1-4,8-10,16-17H,5H2,(H,14,18);1-2H2,(H,5,6)(H,7,8)/t2*8-,9-;/m11./s1. The summed E-state index contributed by atoms with van der Waals surface area (Å²) in [7, 11) is 0. The summed E-state index contributed by atoms with van der Waals surface area (Å²) in [5.74, 6) is -3.67. The third-order valence-electron chi connectivity index (χ3n) is 5.65. The van der Waals surface area contributed by atoms with E-state index in [2.05, 4.69) is 10.6 Å². The number of alkyl halides is 4. The summed E-state index contributed by atoms with van der Waals surface area (Å²) in [6.45, 7) is -1.10. The smallest absolute Gasteiger partial charge is 0.303 e. The van der Waals surface area contributed by atoms with Crippen molar-refractivity contribution < 1.29 is 59.7 Å². The van der Waals surface area contributed by atoms with Gasteiger partial charge in [0.15, 0.2) is 9.67 Å². The molecule has 2 aromatic rings. The molecule has 0 aliphatic carbocycles. The number of aliphatic hydroxyl groups is 4. The number of nitrogens with one attached hydrogen (secondary N) is 2. The summed E-state index contributed by atoms with van der Waals surface area (Å²) < 4.78 is 0. The minimum atomic E-state index is -1.33. The SMILES string of the molecule is O=C(N[C@H](CO)[C@H](O)c1ccc([N+](=O)[O-])cc1)C(Cl)Cl.O=C(N[C@H](CO)[C@H](O)c1ccc([N+](=O)[O-])cc1)C(Cl)Cl.O=C(O)CCC(=O)O. The van der Waals surface area contributed by atoms with E-state index in [1.54, 1.807) is 0 Å². The van der Waals surface area contributed by atoms with Crippen LogP contribution in [-0.2, 0) is 19.2 Å². The Morgan fingerprint density at radius 2 is 0.896 bits per heavy atom. The van der Waals surface area contributed by atoms with E-state index in [1.165, 1.54) is 48.5 Å². The Hall–Kier alpha value is -3.88. The molecule has 0 aliphatic rings. The maximum Gasteiger partial charge on any atom is 0.303 e. The molecule has 0 bridgehead atoms. The van der Waals surface area contributed by atoms with Crippen LogP contribution in [-0.4, -0.2) is 99.2 Å². The zero-order valence-corrected chi connectivity index (χ0v) is 27.3. The van der Waals surface area contributed by atoms with Crippen LogP contribution in [0.25, 0.3) is 0 Å². The van der Waals surface area contributed by atoms with Crippen molar-refractivity contribution >= 4 is 81.5 Å². The normalized spacial score (nSPS) is 13.0. The minimum Gasteiger partial charge on any atom is -0.481 e. The van der Waals surface area contributed by atoms with Gasteiger partial charge >= 0.3 is 11.9 Å². The van der Waals surface area contributed by atoms with Crippen molar-refractivity contribution in [2.45, 2.75) is 46.8 Å². The molecule has 4 atom stereocenters. The van der Waals surface area contributed by atoms with Crippen molar-refractivity contribution in [2.75, 3.05) is 13.2 Å². The number of benzene rings is 2. The lowest BCUT2D eigenvalue weighted by atomic mass is 10.0. The average molecular weight is 764 g/mol.